The summed E-state index contributed by atoms with van der Waals surface area (Å²) in [7, 11) is -2.59. The van der Waals surface area contributed by atoms with Crippen molar-refractivity contribution in [3.63, 3.8) is 0 Å². The number of nitro groups is 1. The summed E-state index contributed by atoms with van der Waals surface area (Å²) in [6, 6.07) is 10.3. The number of nitrogens with one attached hydrogen (secondary N) is 1. The van der Waals surface area contributed by atoms with Crippen LogP contribution in [-0.2, 0) is 14.8 Å². The third kappa shape index (κ3) is 4.65. The Morgan fingerprint density at radius 3 is 2.42 bits per heavy atom. The number of nitro benzene ring substituents is 1. The Balaban J connectivity index is 2.15. The number of carbonyl (C=O) groups excluding carboxylic acids is 1. The molecule has 0 radical (unpaired) electrons. The van der Waals surface area contributed by atoms with Crippen molar-refractivity contribution in [1.29, 1.82) is 0 Å². The second kappa shape index (κ2) is 7.94. The highest BCUT2D eigenvalue weighted by Gasteiger charge is 2.24. The van der Waals surface area contributed by atoms with Crippen LogP contribution in [0.25, 0.3) is 0 Å². The van der Waals surface area contributed by atoms with Crippen molar-refractivity contribution in [1.82, 2.24) is 4.31 Å². The lowest BCUT2D eigenvalue weighted by Crippen LogP contribution is -2.35. The molecule has 26 heavy (non-hydrogen) atoms. The minimum Gasteiger partial charge on any atom is -0.319 e. The first-order valence-corrected chi connectivity index (χ1v) is 9.61. The summed E-state index contributed by atoms with van der Waals surface area (Å²) in [4.78, 5) is 22.7. The fourth-order valence-corrected chi connectivity index (χ4v) is 3.55. The molecule has 0 fully saturated rings. The maximum atomic E-state index is 12.5. The Labute approximate surface area is 159 Å². The molecule has 2 rings (SSSR count). The molecule has 0 aliphatic rings. The second-order valence-electron chi connectivity index (χ2n) is 5.54. The van der Waals surface area contributed by atoms with Gasteiger partial charge in [-0.05, 0) is 42.8 Å². The predicted molar refractivity (Wildman–Crippen MR) is 100 cm³/mol. The Morgan fingerprint density at radius 1 is 1.23 bits per heavy atom. The van der Waals surface area contributed by atoms with Crippen LogP contribution in [0.2, 0.25) is 0 Å². The Bertz CT molecular complexity index is 945. The lowest BCUT2D eigenvalue weighted by Gasteiger charge is -2.17. The van der Waals surface area contributed by atoms with Gasteiger partial charge in [-0.2, -0.15) is 4.31 Å². The van der Waals surface area contributed by atoms with E-state index in [-0.39, 0.29) is 16.3 Å². The van der Waals surface area contributed by atoms with Crippen molar-refractivity contribution in [2.75, 3.05) is 18.9 Å². The van der Waals surface area contributed by atoms with Crippen LogP contribution < -0.4 is 5.32 Å². The van der Waals surface area contributed by atoms with Gasteiger partial charge in [0.15, 0.2) is 0 Å². The minimum absolute atomic E-state index is 0.0139. The maximum absolute atomic E-state index is 12.5. The Morgan fingerprint density at radius 2 is 1.85 bits per heavy atom. The highest BCUT2D eigenvalue weighted by molar-refractivity contribution is 9.10. The molecule has 0 saturated heterocycles. The SMILES string of the molecule is Cc1ccc(NC(=O)CN(C)S(=O)(=O)c2ccc(Br)cc2)c([N+](=O)[O-])c1. The molecule has 8 nitrogen and oxygen atoms in total. The number of likely N-dealkylation sites (N-methyl/N-ethyl adjacent to an activating group) is 1. The summed E-state index contributed by atoms with van der Waals surface area (Å²) in [5.74, 6) is -0.680. The zero-order chi connectivity index (χ0) is 19.5. The summed E-state index contributed by atoms with van der Waals surface area (Å²) in [6.07, 6.45) is 0. The van der Waals surface area contributed by atoms with Crippen LogP contribution in [0.5, 0.6) is 0 Å². The number of halogens is 1. The molecule has 1 amide bonds. The summed E-state index contributed by atoms with van der Waals surface area (Å²) < 4.78 is 26.6. The molecule has 0 atom stereocenters. The van der Waals surface area contributed by atoms with Crippen LogP contribution >= 0.6 is 15.9 Å². The summed E-state index contributed by atoms with van der Waals surface area (Å²) in [5, 5.41) is 13.5. The predicted octanol–water partition coefficient (Wildman–Crippen LogP) is 2.92. The van der Waals surface area contributed by atoms with Crippen molar-refractivity contribution in [3.05, 3.63) is 62.6 Å². The molecular weight excluding hydrogens is 426 g/mol. The summed E-state index contributed by atoms with van der Waals surface area (Å²) in [6.45, 7) is 1.21. The van der Waals surface area contributed by atoms with E-state index in [1.54, 1.807) is 25.1 Å². The first-order chi connectivity index (χ1) is 12.1. The fraction of sp³-hybridized carbons (Fsp3) is 0.188. The molecule has 138 valence electrons. The van der Waals surface area contributed by atoms with Gasteiger partial charge >= 0.3 is 0 Å². The number of carbonyl (C=O) groups is 1. The zero-order valence-corrected chi connectivity index (χ0v) is 16.4. The van der Waals surface area contributed by atoms with Crippen molar-refractivity contribution >= 4 is 43.2 Å². The van der Waals surface area contributed by atoms with E-state index >= 15 is 0 Å². The third-order valence-corrected chi connectivity index (χ3v) is 5.86. The van der Waals surface area contributed by atoms with E-state index in [2.05, 4.69) is 21.2 Å². The van der Waals surface area contributed by atoms with Gasteiger partial charge in [0, 0.05) is 17.6 Å². The van der Waals surface area contributed by atoms with Gasteiger partial charge in [0.05, 0.1) is 16.4 Å². The number of amides is 1. The highest BCUT2D eigenvalue weighted by Crippen LogP contribution is 2.25. The van der Waals surface area contributed by atoms with Gasteiger partial charge in [-0.3, -0.25) is 14.9 Å². The Hall–Kier alpha value is -2.30. The quantitative estimate of drug-likeness (QED) is 0.547. The van der Waals surface area contributed by atoms with E-state index in [0.29, 0.717) is 5.56 Å². The van der Waals surface area contributed by atoms with E-state index in [1.807, 2.05) is 0 Å². The lowest BCUT2D eigenvalue weighted by atomic mass is 10.2. The first-order valence-electron chi connectivity index (χ1n) is 7.38. The smallest absolute Gasteiger partial charge is 0.293 e. The number of aryl methyl sites for hydroxylation is 1. The van der Waals surface area contributed by atoms with E-state index < -0.39 is 27.4 Å². The zero-order valence-electron chi connectivity index (χ0n) is 14.0. The topological polar surface area (TPSA) is 110 Å². The standard InChI is InChI=1S/C16H16BrN3O5S/c1-11-3-8-14(15(9-11)20(22)23)18-16(21)10-19(2)26(24,25)13-6-4-12(17)5-7-13/h3-9H,10H2,1-2H3,(H,18,21). The van der Waals surface area contributed by atoms with Gasteiger partial charge in [0.2, 0.25) is 15.9 Å². The molecule has 1 N–H and O–H groups in total. The highest BCUT2D eigenvalue weighted by atomic mass is 79.9. The molecule has 0 heterocycles. The molecule has 2 aromatic rings. The van der Waals surface area contributed by atoms with E-state index in [9.17, 15) is 23.3 Å². The van der Waals surface area contributed by atoms with Gasteiger partial charge < -0.3 is 5.32 Å². The number of sulfonamides is 1. The molecule has 0 aliphatic carbocycles. The van der Waals surface area contributed by atoms with Crippen molar-refractivity contribution in [2.24, 2.45) is 0 Å². The van der Waals surface area contributed by atoms with Crippen molar-refractivity contribution in [3.8, 4) is 0 Å². The van der Waals surface area contributed by atoms with Crippen LogP contribution in [0, 0.1) is 17.0 Å². The van der Waals surface area contributed by atoms with Crippen molar-refractivity contribution < 1.29 is 18.1 Å². The van der Waals surface area contributed by atoms with Crippen LogP contribution in [-0.4, -0.2) is 37.1 Å². The molecule has 0 unspecified atom stereocenters. The molecule has 10 heteroatoms. The number of hydrogen-bond donors (Lipinski definition) is 1. The number of benzene rings is 2. The number of nitrogens with zero attached hydrogens (tertiary/aromatic N) is 2. The average molecular weight is 442 g/mol. The second-order valence-corrected chi connectivity index (χ2v) is 8.50. The average Bonchev–Trinajstić information content (AvgIpc) is 2.56. The normalized spacial score (nSPS) is 11.4. The van der Waals surface area contributed by atoms with Crippen LogP contribution in [0.3, 0.4) is 0 Å². The summed E-state index contributed by atoms with van der Waals surface area (Å²) >= 11 is 3.22. The lowest BCUT2D eigenvalue weighted by molar-refractivity contribution is -0.384. The van der Waals surface area contributed by atoms with Crippen LogP contribution in [0.1, 0.15) is 5.56 Å². The Kier molecular flexibility index (Phi) is 6.11. The third-order valence-electron chi connectivity index (χ3n) is 3.51. The van der Waals surface area contributed by atoms with Gasteiger partial charge in [-0.25, -0.2) is 8.42 Å². The number of hydrogen-bond acceptors (Lipinski definition) is 5. The fourth-order valence-electron chi connectivity index (χ4n) is 2.16. The van der Waals surface area contributed by atoms with Gasteiger partial charge in [0.1, 0.15) is 5.69 Å². The van der Waals surface area contributed by atoms with E-state index in [0.717, 1.165) is 8.78 Å². The van der Waals surface area contributed by atoms with Crippen LogP contribution in [0.15, 0.2) is 51.8 Å². The minimum atomic E-state index is -3.86. The number of anilines is 1. The van der Waals surface area contributed by atoms with Gasteiger partial charge in [-0.15, -0.1) is 0 Å². The largest absolute Gasteiger partial charge is 0.319 e. The molecule has 0 aromatic heterocycles. The monoisotopic (exact) mass is 441 g/mol. The number of rotatable bonds is 6. The van der Waals surface area contributed by atoms with E-state index in [4.69, 9.17) is 0 Å². The molecule has 0 spiro atoms. The van der Waals surface area contributed by atoms with Gasteiger partial charge in [0.25, 0.3) is 5.69 Å². The molecule has 0 aliphatic heterocycles. The maximum Gasteiger partial charge on any atom is 0.293 e. The van der Waals surface area contributed by atoms with Gasteiger partial charge in [-0.1, -0.05) is 22.0 Å². The molecular formula is C16H16BrN3O5S. The molecule has 2 aromatic carbocycles. The van der Waals surface area contributed by atoms with E-state index in [1.165, 1.54) is 31.3 Å². The molecule has 0 saturated carbocycles. The van der Waals surface area contributed by atoms with Crippen molar-refractivity contribution in [2.45, 2.75) is 11.8 Å². The molecule has 0 bridgehead atoms. The summed E-state index contributed by atoms with van der Waals surface area (Å²) in [5.41, 5.74) is 0.432. The first kappa shape index (κ1) is 20.0. The van der Waals surface area contributed by atoms with Crippen LogP contribution in [0.4, 0.5) is 11.4 Å².